The van der Waals surface area contributed by atoms with Crippen molar-refractivity contribution in [1.82, 2.24) is 9.80 Å². The second kappa shape index (κ2) is 10.6. The first-order chi connectivity index (χ1) is 11.7. The normalized spacial score (nSPS) is 15.7. The number of ether oxygens (including phenoxy) is 2. The van der Waals surface area contributed by atoms with Gasteiger partial charge < -0.3 is 19.3 Å². The van der Waals surface area contributed by atoms with Crippen LogP contribution in [0.5, 0.6) is 11.5 Å². The third kappa shape index (κ3) is 6.33. The molecule has 4 nitrogen and oxygen atoms in total. The smallest absolute Gasteiger partial charge is 0.164 e. The van der Waals surface area contributed by atoms with Crippen LogP contribution in [0.4, 0.5) is 0 Å². The summed E-state index contributed by atoms with van der Waals surface area (Å²) in [7, 11) is 5.95. The largest absolute Gasteiger partial charge is 0.493 e. The summed E-state index contributed by atoms with van der Waals surface area (Å²) in [6.07, 6.45) is 7.33. The van der Waals surface area contributed by atoms with E-state index in [-0.39, 0.29) is 0 Å². The van der Waals surface area contributed by atoms with E-state index >= 15 is 0 Å². The number of hydrogen-bond donors (Lipinski definition) is 0. The van der Waals surface area contributed by atoms with Crippen molar-refractivity contribution in [2.45, 2.75) is 38.5 Å². The summed E-state index contributed by atoms with van der Waals surface area (Å²) in [6.45, 7) is 5.50. The standard InChI is InChI=1S/C20H34N2O2/c1-21(2)13-8-11-18-10-7-12-19(23-3)20(18)24-17-9-16-22-14-5-4-6-15-22/h7,10,12H,4-6,8-9,11,13-17H2,1-3H3. The maximum absolute atomic E-state index is 6.14. The molecular formula is C20H34N2O2. The van der Waals surface area contributed by atoms with Crippen molar-refractivity contribution < 1.29 is 9.47 Å². The fourth-order valence-corrected chi connectivity index (χ4v) is 3.31. The molecule has 0 unspecified atom stereocenters. The van der Waals surface area contributed by atoms with E-state index in [1.165, 1.54) is 37.9 Å². The Morgan fingerprint density at radius 3 is 2.58 bits per heavy atom. The fraction of sp³-hybridized carbons (Fsp3) is 0.700. The van der Waals surface area contributed by atoms with Gasteiger partial charge >= 0.3 is 0 Å². The van der Waals surface area contributed by atoms with Gasteiger partial charge in [-0.15, -0.1) is 0 Å². The molecule has 1 saturated heterocycles. The molecule has 0 radical (unpaired) electrons. The second-order valence-corrected chi connectivity index (χ2v) is 6.96. The summed E-state index contributed by atoms with van der Waals surface area (Å²) in [5, 5.41) is 0. The monoisotopic (exact) mass is 334 g/mol. The van der Waals surface area contributed by atoms with E-state index in [2.05, 4.69) is 36.0 Å². The molecule has 136 valence electrons. The van der Waals surface area contributed by atoms with Crippen molar-refractivity contribution in [2.75, 3.05) is 54.0 Å². The zero-order chi connectivity index (χ0) is 17.2. The molecule has 1 aliphatic heterocycles. The minimum atomic E-state index is 0.761. The van der Waals surface area contributed by atoms with Crippen LogP contribution in [0.3, 0.4) is 0 Å². The maximum Gasteiger partial charge on any atom is 0.164 e. The molecule has 1 aromatic rings. The van der Waals surface area contributed by atoms with E-state index in [1.54, 1.807) is 7.11 Å². The summed E-state index contributed by atoms with van der Waals surface area (Å²) in [6, 6.07) is 6.22. The lowest BCUT2D eigenvalue weighted by Crippen LogP contribution is -2.31. The minimum absolute atomic E-state index is 0.761. The van der Waals surface area contributed by atoms with Gasteiger partial charge in [0.1, 0.15) is 0 Å². The van der Waals surface area contributed by atoms with Gasteiger partial charge in [0.05, 0.1) is 13.7 Å². The van der Waals surface area contributed by atoms with Gasteiger partial charge in [-0.2, -0.15) is 0 Å². The van der Waals surface area contributed by atoms with Crippen molar-refractivity contribution in [1.29, 1.82) is 0 Å². The number of piperidine rings is 1. The number of likely N-dealkylation sites (tertiary alicyclic amines) is 1. The summed E-state index contributed by atoms with van der Waals surface area (Å²) >= 11 is 0. The number of rotatable bonds is 10. The van der Waals surface area contributed by atoms with E-state index in [4.69, 9.17) is 9.47 Å². The summed E-state index contributed by atoms with van der Waals surface area (Å²) in [5.74, 6) is 1.80. The van der Waals surface area contributed by atoms with Gasteiger partial charge in [-0.05, 0) is 77.5 Å². The SMILES string of the molecule is COc1cccc(CCCN(C)C)c1OCCCN1CCCCC1. The van der Waals surface area contributed by atoms with E-state index in [0.29, 0.717) is 0 Å². The molecule has 0 amide bonds. The number of hydrogen-bond acceptors (Lipinski definition) is 4. The molecule has 0 aromatic heterocycles. The summed E-state index contributed by atoms with van der Waals surface area (Å²) < 4.78 is 11.7. The first-order valence-corrected chi connectivity index (χ1v) is 9.36. The predicted octanol–water partition coefficient (Wildman–Crippen LogP) is 3.44. The highest BCUT2D eigenvalue weighted by molar-refractivity contribution is 5.46. The van der Waals surface area contributed by atoms with Crippen LogP contribution in [0.2, 0.25) is 0 Å². The Hall–Kier alpha value is -1.26. The average Bonchev–Trinajstić information content (AvgIpc) is 2.60. The maximum atomic E-state index is 6.14. The van der Waals surface area contributed by atoms with Crippen LogP contribution in [-0.2, 0) is 6.42 Å². The van der Waals surface area contributed by atoms with Crippen LogP contribution >= 0.6 is 0 Å². The average molecular weight is 335 g/mol. The van der Waals surface area contributed by atoms with Crippen molar-refractivity contribution in [2.24, 2.45) is 0 Å². The van der Waals surface area contributed by atoms with Crippen LogP contribution in [0.15, 0.2) is 18.2 Å². The summed E-state index contributed by atoms with van der Waals surface area (Å²) in [4.78, 5) is 4.78. The number of methoxy groups -OCH3 is 1. The van der Waals surface area contributed by atoms with Gasteiger partial charge in [0.25, 0.3) is 0 Å². The molecule has 1 aromatic carbocycles. The molecule has 2 rings (SSSR count). The molecule has 1 aliphatic rings. The molecule has 0 bridgehead atoms. The number of aryl methyl sites for hydroxylation is 1. The first kappa shape index (κ1) is 19.1. The molecule has 4 heteroatoms. The number of benzene rings is 1. The zero-order valence-electron chi connectivity index (χ0n) is 15.7. The van der Waals surface area contributed by atoms with E-state index < -0.39 is 0 Å². The lowest BCUT2D eigenvalue weighted by atomic mass is 10.1. The Balaban J connectivity index is 1.84. The highest BCUT2D eigenvalue weighted by Crippen LogP contribution is 2.32. The minimum Gasteiger partial charge on any atom is -0.493 e. The third-order valence-electron chi connectivity index (χ3n) is 4.65. The molecule has 1 heterocycles. The fourth-order valence-electron chi connectivity index (χ4n) is 3.31. The molecule has 1 fully saturated rings. The van der Waals surface area contributed by atoms with Crippen LogP contribution in [0.1, 0.15) is 37.7 Å². The van der Waals surface area contributed by atoms with Crippen LogP contribution in [-0.4, -0.2) is 63.8 Å². The van der Waals surface area contributed by atoms with Gasteiger partial charge in [-0.1, -0.05) is 18.6 Å². The highest BCUT2D eigenvalue weighted by Gasteiger charge is 2.12. The Labute approximate surface area is 147 Å². The van der Waals surface area contributed by atoms with Gasteiger partial charge in [-0.25, -0.2) is 0 Å². The van der Waals surface area contributed by atoms with Gasteiger partial charge in [0, 0.05) is 6.54 Å². The lowest BCUT2D eigenvalue weighted by molar-refractivity contribution is 0.202. The Morgan fingerprint density at radius 2 is 1.88 bits per heavy atom. The van der Waals surface area contributed by atoms with Crippen LogP contribution in [0, 0.1) is 0 Å². The molecule has 0 saturated carbocycles. The van der Waals surface area contributed by atoms with Crippen molar-refractivity contribution in [3.05, 3.63) is 23.8 Å². The molecule has 0 spiro atoms. The summed E-state index contributed by atoms with van der Waals surface area (Å²) in [5.41, 5.74) is 1.26. The van der Waals surface area contributed by atoms with E-state index in [0.717, 1.165) is 50.5 Å². The van der Waals surface area contributed by atoms with Gasteiger partial charge in [-0.3, -0.25) is 0 Å². The molecule has 0 N–H and O–H groups in total. The van der Waals surface area contributed by atoms with Crippen LogP contribution in [0.25, 0.3) is 0 Å². The van der Waals surface area contributed by atoms with Crippen molar-refractivity contribution in [3.63, 3.8) is 0 Å². The topological polar surface area (TPSA) is 24.9 Å². The second-order valence-electron chi connectivity index (χ2n) is 6.96. The lowest BCUT2D eigenvalue weighted by Gasteiger charge is -2.26. The Bertz CT molecular complexity index is 471. The Morgan fingerprint density at radius 1 is 1.08 bits per heavy atom. The third-order valence-corrected chi connectivity index (χ3v) is 4.65. The highest BCUT2D eigenvalue weighted by atomic mass is 16.5. The molecule has 24 heavy (non-hydrogen) atoms. The van der Waals surface area contributed by atoms with E-state index in [9.17, 15) is 0 Å². The van der Waals surface area contributed by atoms with E-state index in [1.807, 2.05) is 6.07 Å². The van der Waals surface area contributed by atoms with Gasteiger partial charge in [0.2, 0.25) is 0 Å². The number of nitrogens with zero attached hydrogens (tertiary/aromatic N) is 2. The van der Waals surface area contributed by atoms with Gasteiger partial charge in [0.15, 0.2) is 11.5 Å². The van der Waals surface area contributed by atoms with Crippen LogP contribution < -0.4 is 9.47 Å². The number of para-hydroxylation sites is 1. The molecule has 0 aliphatic carbocycles. The predicted molar refractivity (Wildman–Crippen MR) is 100 cm³/mol. The quantitative estimate of drug-likeness (QED) is 0.612. The zero-order valence-corrected chi connectivity index (χ0v) is 15.7. The van der Waals surface area contributed by atoms with Crippen molar-refractivity contribution in [3.8, 4) is 11.5 Å². The Kier molecular flexibility index (Phi) is 8.40. The van der Waals surface area contributed by atoms with Crippen molar-refractivity contribution >= 4 is 0 Å². The first-order valence-electron chi connectivity index (χ1n) is 9.36. The molecular weight excluding hydrogens is 300 g/mol. The molecule has 0 atom stereocenters.